The Bertz CT molecular complexity index is 550. The molecule has 0 bridgehead atoms. The van der Waals surface area contributed by atoms with Gasteiger partial charge in [0.25, 0.3) is 0 Å². The lowest BCUT2D eigenvalue weighted by molar-refractivity contribution is 0.409. The third kappa shape index (κ3) is 3.02. The van der Waals surface area contributed by atoms with Crippen molar-refractivity contribution in [3.8, 4) is 11.1 Å². The number of hydrogen-bond donors (Lipinski definition) is 2. The predicted molar refractivity (Wildman–Crippen MR) is 85.7 cm³/mol. The van der Waals surface area contributed by atoms with Crippen LogP contribution in [0, 0.1) is 0 Å². The molecular formula is C18H22N2. The molecule has 0 radical (unpaired) electrons. The summed E-state index contributed by atoms with van der Waals surface area (Å²) in [7, 11) is 0. The summed E-state index contributed by atoms with van der Waals surface area (Å²) in [6.45, 7) is 0. The lowest BCUT2D eigenvalue weighted by atomic mass is 9.91. The maximum atomic E-state index is 6.09. The quantitative estimate of drug-likeness (QED) is 0.880. The minimum absolute atomic E-state index is 0.352. The molecule has 2 atom stereocenters. The summed E-state index contributed by atoms with van der Waals surface area (Å²) in [6.07, 6.45) is 4.69. The van der Waals surface area contributed by atoms with Gasteiger partial charge in [0.05, 0.1) is 0 Å². The van der Waals surface area contributed by atoms with E-state index in [1.54, 1.807) is 0 Å². The predicted octanol–water partition coefficient (Wildman–Crippen LogP) is 4.04. The van der Waals surface area contributed by atoms with E-state index >= 15 is 0 Å². The Balaban J connectivity index is 1.83. The summed E-state index contributed by atoms with van der Waals surface area (Å²) in [4.78, 5) is 0. The number of anilines is 1. The van der Waals surface area contributed by atoms with Gasteiger partial charge in [0.2, 0.25) is 0 Å². The molecule has 1 fully saturated rings. The van der Waals surface area contributed by atoms with Crippen molar-refractivity contribution in [3.63, 3.8) is 0 Å². The van der Waals surface area contributed by atoms with Crippen LogP contribution in [0.1, 0.15) is 25.7 Å². The van der Waals surface area contributed by atoms with Crippen LogP contribution >= 0.6 is 0 Å². The third-order valence-electron chi connectivity index (χ3n) is 4.09. The van der Waals surface area contributed by atoms with Crippen LogP contribution in [0.15, 0.2) is 54.6 Å². The summed E-state index contributed by atoms with van der Waals surface area (Å²) in [5.41, 5.74) is 9.84. The summed E-state index contributed by atoms with van der Waals surface area (Å²) in [6, 6.07) is 19.9. The number of rotatable bonds is 3. The first-order valence-electron chi connectivity index (χ1n) is 7.49. The average molecular weight is 266 g/mol. The highest BCUT2D eigenvalue weighted by atomic mass is 14.9. The molecule has 0 spiro atoms. The molecule has 1 aliphatic rings. The second-order valence-corrected chi connectivity index (χ2v) is 5.68. The van der Waals surface area contributed by atoms with Gasteiger partial charge >= 0.3 is 0 Å². The van der Waals surface area contributed by atoms with Gasteiger partial charge in [-0.1, -0.05) is 48.5 Å². The molecule has 1 aliphatic carbocycles. The molecule has 104 valence electrons. The number of nitrogens with two attached hydrogens (primary N) is 1. The van der Waals surface area contributed by atoms with Crippen LogP contribution in [0.4, 0.5) is 5.69 Å². The molecule has 0 amide bonds. The standard InChI is InChI=1S/C18H22N2/c19-15-9-6-10-16(13-15)20-18-12-5-4-11-17(18)14-7-2-1-3-8-14/h1-5,7-8,11-12,15-16,20H,6,9-10,13,19H2. The summed E-state index contributed by atoms with van der Waals surface area (Å²) < 4.78 is 0. The third-order valence-corrected chi connectivity index (χ3v) is 4.09. The summed E-state index contributed by atoms with van der Waals surface area (Å²) >= 11 is 0. The SMILES string of the molecule is NC1CCCC(Nc2ccccc2-c2ccccc2)C1. The van der Waals surface area contributed by atoms with Gasteiger partial charge in [-0.25, -0.2) is 0 Å². The number of hydrogen-bond acceptors (Lipinski definition) is 2. The molecule has 0 aromatic heterocycles. The zero-order valence-electron chi connectivity index (χ0n) is 11.8. The maximum Gasteiger partial charge on any atom is 0.0422 e. The van der Waals surface area contributed by atoms with Crippen molar-refractivity contribution < 1.29 is 0 Å². The molecule has 2 aromatic rings. The highest BCUT2D eigenvalue weighted by Crippen LogP contribution is 2.30. The molecule has 2 heteroatoms. The van der Waals surface area contributed by atoms with Gasteiger partial charge in [-0.15, -0.1) is 0 Å². The fourth-order valence-corrected chi connectivity index (χ4v) is 3.06. The monoisotopic (exact) mass is 266 g/mol. The zero-order valence-corrected chi connectivity index (χ0v) is 11.8. The topological polar surface area (TPSA) is 38.0 Å². The Morgan fingerprint density at radius 2 is 1.65 bits per heavy atom. The van der Waals surface area contributed by atoms with Gasteiger partial charge in [0.1, 0.15) is 0 Å². The summed E-state index contributed by atoms with van der Waals surface area (Å²) in [5.74, 6) is 0. The first kappa shape index (κ1) is 13.2. The van der Waals surface area contributed by atoms with Gasteiger partial charge in [0, 0.05) is 23.3 Å². The van der Waals surface area contributed by atoms with Crippen molar-refractivity contribution in [2.24, 2.45) is 5.73 Å². The van der Waals surface area contributed by atoms with Crippen molar-refractivity contribution >= 4 is 5.69 Å². The van der Waals surface area contributed by atoms with Gasteiger partial charge < -0.3 is 11.1 Å². The van der Waals surface area contributed by atoms with Gasteiger partial charge in [0.15, 0.2) is 0 Å². The normalized spacial score (nSPS) is 22.4. The molecule has 0 heterocycles. The van der Waals surface area contributed by atoms with Crippen molar-refractivity contribution in [3.05, 3.63) is 54.6 Å². The number of para-hydroxylation sites is 1. The minimum atomic E-state index is 0.352. The molecule has 0 saturated heterocycles. The smallest absolute Gasteiger partial charge is 0.0422 e. The van der Waals surface area contributed by atoms with Crippen LogP contribution in [-0.4, -0.2) is 12.1 Å². The molecule has 2 unspecified atom stereocenters. The van der Waals surface area contributed by atoms with Gasteiger partial charge in [-0.05, 0) is 37.3 Å². The van der Waals surface area contributed by atoms with E-state index in [1.165, 1.54) is 36.1 Å². The molecule has 0 aliphatic heterocycles. The van der Waals surface area contributed by atoms with Crippen LogP contribution < -0.4 is 11.1 Å². The van der Waals surface area contributed by atoms with Crippen molar-refractivity contribution in [1.82, 2.24) is 0 Å². The van der Waals surface area contributed by atoms with Crippen LogP contribution in [0.25, 0.3) is 11.1 Å². The lowest BCUT2D eigenvalue weighted by Crippen LogP contribution is -2.34. The molecular weight excluding hydrogens is 244 g/mol. The lowest BCUT2D eigenvalue weighted by Gasteiger charge is -2.29. The molecule has 2 aromatic carbocycles. The zero-order chi connectivity index (χ0) is 13.8. The van der Waals surface area contributed by atoms with E-state index in [0.717, 1.165) is 6.42 Å². The van der Waals surface area contributed by atoms with Gasteiger partial charge in [-0.3, -0.25) is 0 Å². The molecule has 3 rings (SSSR count). The minimum Gasteiger partial charge on any atom is -0.382 e. The Kier molecular flexibility index (Phi) is 4.03. The first-order chi connectivity index (χ1) is 9.83. The van der Waals surface area contributed by atoms with Crippen molar-refractivity contribution in [1.29, 1.82) is 0 Å². The van der Waals surface area contributed by atoms with Crippen LogP contribution in [-0.2, 0) is 0 Å². The highest BCUT2D eigenvalue weighted by molar-refractivity contribution is 5.77. The number of benzene rings is 2. The maximum absolute atomic E-state index is 6.09. The van der Waals surface area contributed by atoms with E-state index in [4.69, 9.17) is 5.73 Å². The molecule has 3 N–H and O–H groups in total. The van der Waals surface area contributed by atoms with E-state index < -0.39 is 0 Å². The fourth-order valence-electron chi connectivity index (χ4n) is 3.06. The van der Waals surface area contributed by atoms with Gasteiger partial charge in [-0.2, -0.15) is 0 Å². The van der Waals surface area contributed by atoms with E-state index in [1.807, 2.05) is 0 Å². The Hall–Kier alpha value is -1.80. The fraction of sp³-hybridized carbons (Fsp3) is 0.333. The Morgan fingerprint density at radius 1 is 0.900 bits per heavy atom. The van der Waals surface area contributed by atoms with Crippen molar-refractivity contribution in [2.75, 3.05) is 5.32 Å². The Morgan fingerprint density at radius 3 is 2.45 bits per heavy atom. The average Bonchev–Trinajstić information content (AvgIpc) is 2.49. The van der Waals surface area contributed by atoms with Crippen LogP contribution in [0.2, 0.25) is 0 Å². The highest BCUT2D eigenvalue weighted by Gasteiger charge is 2.19. The van der Waals surface area contributed by atoms with E-state index in [-0.39, 0.29) is 0 Å². The molecule has 20 heavy (non-hydrogen) atoms. The van der Waals surface area contributed by atoms with Crippen LogP contribution in [0.5, 0.6) is 0 Å². The van der Waals surface area contributed by atoms with E-state index in [9.17, 15) is 0 Å². The van der Waals surface area contributed by atoms with Crippen molar-refractivity contribution in [2.45, 2.75) is 37.8 Å². The van der Waals surface area contributed by atoms with E-state index in [0.29, 0.717) is 12.1 Å². The second-order valence-electron chi connectivity index (χ2n) is 5.68. The van der Waals surface area contributed by atoms with Crippen LogP contribution in [0.3, 0.4) is 0 Å². The van der Waals surface area contributed by atoms with E-state index in [2.05, 4.69) is 59.9 Å². The largest absolute Gasteiger partial charge is 0.382 e. The second kappa shape index (κ2) is 6.10. The Labute approximate surface area is 121 Å². The first-order valence-corrected chi connectivity index (χ1v) is 7.49. The summed E-state index contributed by atoms with van der Waals surface area (Å²) in [5, 5.41) is 3.70. The molecule has 2 nitrogen and oxygen atoms in total. The molecule has 1 saturated carbocycles. The number of nitrogens with one attached hydrogen (secondary N) is 1.